The van der Waals surface area contributed by atoms with Crippen molar-refractivity contribution in [1.82, 2.24) is 10.2 Å². The number of fused-ring (bicyclic) bond motifs is 2. The van der Waals surface area contributed by atoms with Crippen LogP contribution in [0.15, 0.2) is 0 Å². The number of hydrogen-bond acceptors (Lipinski definition) is 3. The van der Waals surface area contributed by atoms with Gasteiger partial charge >= 0.3 is 0 Å². The van der Waals surface area contributed by atoms with Gasteiger partial charge in [-0.1, -0.05) is 13.3 Å². The maximum Gasteiger partial charge on any atom is 0.229 e. The van der Waals surface area contributed by atoms with Crippen molar-refractivity contribution in [2.75, 3.05) is 13.1 Å². The Labute approximate surface area is 121 Å². The van der Waals surface area contributed by atoms with Gasteiger partial charge in [0.15, 0.2) is 0 Å². The summed E-state index contributed by atoms with van der Waals surface area (Å²) >= 11 is 0. The van der Waals surface area contributed by atoms with E-state index in [1.807, 2.05) is 0 Å². The lowest BCUT2D eigenvalue weighted by Gasteiger charge is -2.45. The number of hydrogen-bond donors (Lipinski definition) is 2. The molecule has 0 radical (unpaired) electrons. The third-order valence-corrected chi connectivity index (χ3v) is 5.69. The Kier molecular flexibility index (Phi) is 4.04. The van der Waals surface area contributed by atoms with Crippen molar-refractivity contribution in [2.45, 2.75) is 76.5 Å². The van der Waals surface area contributed by atoms with Gasteiger partial charge in [-0.2, -0.15) is 0 Å². The van der Waals surface area contributed by atoms with Crippen molar-refractivity contribution in [1.29, 1.82) is 0 Å². The first-order valence-electron chi connectivity index (χ1n) is 8.38. The van der Waals surface area contributed by atoms with Gasteiger partial charge in [-0.25, -0.2) is 0 Å². The van der Waals surface area contributed by atoms with Gasteiger partial charge < -0.3 is 15.3 Å². The molecule has 4 nitrogen and oxygen atoms in total. The quantitative estimate of drug-likeness (QED) is 0.827. The van der Waals surface area contributed by atoms with E-state index in [1.54, 1.807) is 0 Å². The zero-order chi connectivity index (χ0) is 14.2. The highest BCUT2D eigenvalue weighted by Crippen LogP contribution is 2.43. The van der Waals surface area contributed by atoms with E-state index in [0.29, 0.717) is 18.0 Å². The first kappa shape index (κ1) is 14.3. The summed E-state index contributed by atoms with van der Waals surface area (Å²) in [4.78, 5) is 15.4. The molecule has 3 rings (SSSR count). The number of nitrogens with one attached hydrogen (secondary N) is 1. The van der Waals surface area contributed by atoms with Gasteiger partial charge in [0.2, 0.25) is 5.91 Å². The topological polar surface area (TPSA) is 52.6 Å². The number of carbonyl (C=O) groups excluding carboxylic acids is 1. The van der Waals surface area contributed by atoms with Crippen LogP contribution in [-0.4, -0.2) is 47.2 Å². The minimum atomic E-state index is -0.188. The van der Waals surface area contributed by atoms with Crippen molar-refractivity contribution in [3.8, 4) is 0 Å². The number of nitrogens with zero attached hydrogens (tertiary/aromatic N) is 1. The van der Waals surface area contributed by atoms with Gasteiger partial charge in [0, 0.05) is 12.1 Å². The van der Waals surface area contributed by atoms with Gasteiger partial charge in [-0.05, 0) is 58.0 Å². The summed E-state index contributed by atoms with van der Waals surface area (Å²) in [5.74, 6) is 0.403. The van der Waals surface area contributed by atoms with Crippen LogP contribution in [0.5, 0.6) is 0 Å². The lowest BCUT2D eigenvalue weighted by Crippen LogP contribution is -2.55. The van der Waals surface area contributed by atoms with Crippen LogP contribution in [0.4, 0.5) is 0 Å². The zero-order valence-electron chi connectivity index (χ0n) is 12.6. The molecular weight excluding hydrogens is 252 g/mol. The van der Waals surface area contributed by atoms with Crippen LogP contribution >= 0.6 is 0 Å². The maximum atomic E-state index is 13.2. The standard InChI is InChI=1S/C16H28N2O2/c1-2-5-16(6-8-17-9-7-16)15(20)18-12-3-4-13(18)11-14(19)10-12/h12-14,17,19H,2-11H2,1H3. The SMILES string of the molecule is CCCC1(C(=O)N2C3CCC2CC(O)C3)CCNCC1. The van der Waals surface area contributed by atoms with Crippen LogP contribution in [0.1, 0.15) is 58.3 Å². The number of rotatable bonds is 3. The molecule has 4 heteroatoms. The average molecular weight is 280 g/mol. The second-order valence-corrected chi connectivity index (χ2v) is 7.00. The molecule has 0 aliphatic carbocycles. The number of aliphatic hydroxyl groups excluding tert-OH is 1. The Morgan fingerprint density at radius 1 is 1.25 bits per heavy atom. The molecule has 2 atom stereocenters. The minimum Gasteiger partial charge on any atom is -0.393 e. The molecule has 1 amide bonds. The van der Waals surface area contributed by atoms with E-state index in [0.717, 1.165) is 64.5 Å². The second kappa shape index (κ2) is 5.64. The monoisotopic (exact) mass is 280 g/mol. The van der Waals surface area contributed by atoms with Crippen molar-refractivity contribution in [3.05, 3.63) is 0 Å². The van der Waals surface area contributed by atoms with Crippen LogP contribution in [0.3, 0.4) is 0 Å². The molecule has 2 bridgehead atoms. The summed E-state index contributed by atoms with van der Waals surface area (Å²) < 4.78 is 0. The molecule has 3 aliphatic rings. The Morgan fingerprint density at radius 3 is 2.40 bits per heavy atom. The van der Waals surface area contributed by atoms with Crippen LogP contribution < -0.4 is 5.32 Å². The van der Waals surface area contributed by atoms with Gasteiger partial charge in [-0.15, -0.1) is 0 Å². The highest BCUT2D eigenvalue weighted by Gasteiger charge is 2.49. The molecule has 3 heterocycles. The molecule has 0 spiro atoms. The third-order valence-electron chi connectivity index (χ3n) is 5.69. The number of amides is 1. The van der Waals surface area contributed by atoms with Gasteiger partial charge in [0.05, 0.1) is 11.5 Å². The molecular formula is C16H28N2O2. The predicted octanol–water partition coefficient (Wildman–Crippen LogP) is 1.67. The summed E-state index contributed by atoms with van der Waals surface area (Å²) in [7, 11) is 0. The van der Waals surface area contributed by atoms with E-state index in [1.165, 1.54) is 0 Å². The molecule has 0 aromatic rings. The first-order chi connectivity index (χ1) is 9.66. The predicted molar refractivity (Wildman–Crippen MR) is 78.3 cm³/mol. The maximum absolute atomic E-state index is 13.2. The van der Waals surface area contributed by atoms with E-state index >= 15 is 0 Å². The van der Waals surface area contributed by atoms with E-state index in [-0.39, 0.29) is 11.5 Å². The largest absolute Gasteiger partial charge is 0.393 e. The van der Waals surface area contributed by atoms with Gasteiger partial charge in [-0.3, -0.25) is 4.79 Å². The number of piperidine rings is 2. The van der Waals surface area contributed by atoms with Crippen LogP contribution in [0.2, 0.25) is 0 Å². The molecule has 2 unspecified atom stereocenters. The molecule has 3 fully saturated rings. The Bertz CT molecular complexity index is 346. The molecule has 0 saturated carbocycles. The smallest absolute Gasteiger partial charge is 0.229 e. The Balaban J connectivity index is 1.79. The molecule has 114 valence electrons. The van der Waals surface area contributed by atoms with Crippen molar-refractivity contribution in [3.63, 3.8) is 0 Å². The fourth-order valence-corrected chi connectivity index (χ4v) is 4.71. The van der Waals surface area contributed by atoms with Crippen molar-refractivity contribution < 1.29 is 9.90 Å². The van der Waals surface area contributed by atoms with Gasteiger partial charge in [0.1, 0.15) is 0 Å². The molecule has 20 heavy (non-hydrogen) atoms. The lowest BCUT2D eigenvalue weighted by molar-refractivity contribution is -0.151. The summed E-state index contributed by atoms with van der Waals surface area (Å²) in [5.41, 5.74) is -0.122. The van der Waals surface area contributed by atoms with E-state index in [9.17, 15) is 9.90 Å². The second-order valence-electron chi connectivity index (χ2n) is 7.00. The highest BCUT2D eigenvalue weighted by atomic mass is 16.3. The minimum absolute atomic E-state index is 0.122. The van der Waals surface area contributed by atoms with Crippen molar-refractivity contribution in [2.24, 2.45) is 5.41 Å². The van der Waals surface area contributed by atoms with Crippen LogP contribution in [-0.2, 0) is 4.79 Å². The normalized spacial score (nSPS) is 36.1. The van der Waals surface area contributed by atoms with Crippen LogP contribution in [0.25, 0.3) is 0 Å². The highest BCUT2D eigenvalue weighted by molar-refractivity contribution is 5.84. The molecule has 2 N–H and O–H groups in total. The summed E-state index contributed by atoms with van der Waals surface area (Å²) in [6.07, 6.45) is 7.65. The molecule has 0 aromatic carbocycles. The summed E-state index contributed by atoms with van der Waals surface area (Å²) in [5, 5.41) is 13.3. The Hall–Kier alpha value is -0.610. The average Bonchev–Trinajstić information content (AvgIpc) is 2.71. The Morgan fingerprint density at radius 2 is 1.85 bits per heavy atom. The number of aliphatic hydroxyl groups is 1. The lowest BCUT2D eigenvalue weighted by atomic mass is 9.73. The van der Waals surface area contributed by atoms with Gasteiger partial charge in [0.25, 0.3) is 0 Å². The number of carbonyl (C=O) groups is 1. The fraction of sp³-hybridized carbons (Fsp3) is 0.938. The summed E-state index contributed by atoms with van der Waals surface area (Å²) in [6.45, 7) is 4.13. The zero-order valence-corrected chi connectivity index (χ0v) is 12.6. The van der Waals surface area contributed by atoms with Crippen molar-refractivity contribution >= 4 is 5.91 Å². The molecule has 3 aliphatic heterocycles. The van der Waals surface area contributed by atoms with E-state index < -0.39 is 0 Å². The van der Waals surface area contributed by atoms with E-state index in [2.05, 4.69) is 17.1 Å². The third kappa shape index (κ3) is 2.37. The van der Waals surface area contributed by atoms with Crippen LogP contribution in [0, 0.1) is 5.41 Å². The summed E-state index contributed by atoms with van der Waals surface area (Å²) in [6, 6.07) is 0.611. The molecule has 3 saturated heterocycles. The fourth-order valence-electron chi connectivity index (χ4n) is 4.71. The first-order valence-corrected chi connectivity index (χ1v) is 8.38. The van der Waals surface area contributed by atoms with E-state index in [4.69, 9.17) is 0 Å². The molecule has 0 aromatic heterocycles.